The fourth-order valence-corrected chi connectivity index (χ4v) is 3.17. The molecule has 3 amide bonds. The molecule has 0 saturated heterocycles. The van der Waals surface area contributed by atoms with E-state index in [1.807, 2.05) is 21.1 Å². The number of carbonyl (C=O) groups is 3. The number of rotatable bonds is 7. The maximum absolute atomic E-state index is 13.2. The number of para-hydroxylation sites is 1. The van der Waals surface area contributed by atoms with Gasteiger partial charge in [0.15, 0.2) is 6.54 Å². The molecule has 180 valence electrons. The Morgan fingerprint density at radius 2 is 1.74 bits per heavy atom. The van der Waals surface area contributed by atoms with Crippen LogP contribution >= 0.6 is 24.0 Å². The minimum atomic E-state index is -1.28. The summed E-state index contributed by atoms with van der Waals surface area (Å²) in [4.78, 5) is 38.6. The predicted octanol–water partition coefficient (Wildman–Crippen LogP) is 1.81. The number of quaternary nitrogens is 1. The average Bonchev–Trinajstić information content (AvgIpc) is 3.04. The summed E-state index contributed by atoms with van der Waals surface area (Å²) in [6.07, 6.45) is 0. The fourth-order valence-electron chi connectivity index (χ4n) is 3.05. The number of amidine groups is 1. The van der Waals surface area contributed by atoms with E-state index in [9.17, 15) is 14.4 Å². The molecular weight excluding hydrogens is 481 g/mol. The highest BCUT2D eigenvalue weighted by molar-refractivity contribution is 6.52. The maximum Gasteiger partial charge on any atom is 0.295 e. The summed E-state index contributed by atoms with van der Waals surface area (Å²) in [6.45, 7) is 0.105. The van der Waals surface area contributed by atoms with Crippen molar-refractivity contribution in [2.75, 3.05) is 38.0 Å². The van der Waals surface area contributed by atoms with Gasteiger partial charge in [0.25, 0.3) is 17.7 Å². The molecule has 0 saturated carbocycles. The quantitative estimate of drug-likeness (QED) is 0.300. The summed E-state index contributed by atoms with van der Waals surface area (Å²) in [7, 11) is 5.50. The Morgan fingerprint density at radius 3 is 2.32 bits per heavy atom. The van der Waals surface area contributed by atoms with Gasteiger partial charge in [-0.25, -0.2) is 5.43 Å². The number of anilines is 2. The largest absolute Gasteiger partial charge is 0.385 e. The molecule has 34 heavy (non-hydrogen) atoms. The van der Waals surface area contributed by atoms with E-state index in [1.165, 1.54) is 0 Å². The van der Waals surface area contributed by atoms with Crippen LogP contribution in [0.3, 0.4) is 0 Å². The van der Waals surface area contributed by atoms with Gasteiger partial charge in [-0.2, -0.15) is 15.2 Å². The van der Waals surface area contributed by atoms with Crippen LogP contribution in [-0.4, -0.2) is 61.4 Å². The number of carbonyl (C=O) groups excluding carboxylic acids is 3. The fraction of sp³-hybridized carbons (Fsp3) is 0.227. The summed E-state index contributed by atoms with van der Waals surface area (Å²) in [6, 6.07) is 15.0. The Hall–Kier alpha value is -3.47. The number of hydrogen-bond donors (Lipinski definition) is 3. The van der Waals surface area contributed by atoms with E-state index in [2.05, 4.69) is 20.9 Å². The van der Waals surface area contributed by atoms with E-state index >= 15 is 0 Å². The van der Waals surface area contributed by atoms with Gasteiger partial charge in [-0.05, 0) is 36.4 Å². The van der Waals surface area contributed by atoms with E-state index in [4.69, 9.17) is 17.3 Å². The summed E-state index contributed by atoms with van der Waals surface area (Å²) in [5.41, 5.74) is 9.03. The molecule has 2 aromatic carbocycles. The molecule has 4 N–H and O–H groups in total. The Balaban J connectivity index is 0.00000408. The van der Waals surface area contributed by atoms with Crippen LogP contribution < -0.4 is 21.5 Å². The number of benzene rings is 2. The van der Waals surface area contributed by atoms with Gasteiger partial charge in [0.2, 0.25) is 0 Å². The molecule has 1 unspecified atom stereocenters. The number of hydrazone groups is 2. The van der Waals surface area contributed by atoms with Gasteiger partial charge in [0.05, 0.1) is 26.8 Å². The standard InChI is InChI=1S/C22H24ClN7O3.ClH/c1-30(2,3)13-17(31)26-27-19(21(32)25-15-11-9-14(23)10-12-15)18-20(24)28-29(22(18)33)16-7-5-4-6-8-16;/h4-12,18H,13H2,1-3H3,(H3-,24,25,26,28,31,32);1H/p+1. The van der Waals surface area contributed by atoms with Gasteiger partial charge in [-0.15, -0.1) is 12.4 Å². The van der Waals surface area contributed by atoms with Crippen LogP contribution in [0.25, 0.3) is 0 Å². The summed E-state index contributed by atoms with van der Waals surface area (Å²) in [5.74, 6) is -3.10. The molecule has 0 spiro atoms. The van der Waals surface area contributed by atoms with E-state index in [0.717, 1.165) is 5.01 Å². The van der Waals surface area contributed by atoms with Crippen molar-refractivity contribution in [2.45, 2.75) is 0 Å². The monoisotopic (exact) mass is 506 g/mol. The van der Waals surface area contributed by atoms with Crippen LogP contribution in [-0.2, 0) is 14.4 Å². The summed E-state index contributed by atoms with van der Waals surface area (Å²) in [5, 5.41) is 12.4. The highest BCUT2D eigenvalue weighted by Gasteiger charge is 2.42. The zero-order chi connectivity index (χ0) is 24.2. The number of amides is 3. The Morgan fingerprint density at radius 1 is 1.12 bits per heavy atom. The van der Waals surface area contributed by atoms with Crippen LogP contribution in [0.4, 0.5) is 11.4 Å². The van der Waals surface area contributed by atoms with E-state index in [0.29, 0.717) is 20.9 Å². The van der Waals surface area contributed by atoms with Gasteiger partial charge >= 0.3 is 0 Å². The summed E-state index contributed by atoms with van der Waals surface area (Å²) < 4.78 is 0.349. The minimum absolute atomic E-state index is 0. The van der Waals surface area contributed by atoms with Crippen molar-refractivity contribution in [3.63, 3.8) is 0 Å². The molecule has 10 nitrogen and oxygen atoms in total. The number of nitrogens with one attached hydrogen (secondary N) is 2. The second kappa shape index (κ2) is 11.1. The second-order valence-corrected chi connectivity index (χ2v) is 8.82. The van der Waals surface area contributed by atoms with Gasteiger partial charge in [0, 0.05) is 10.7 Å². The topological polar surface area (TPSA) is 129 Å². The Kier molecular flexibility index (Phi) is 8.74. The molecule has 1 aliphatic heterocycles. The van der Waals surface area contributed by atoms with Crippen LogP contribution in [0.2, 0.25) is 5.02 Å². The molecule has 2 aromatic rings. The molecule has 0 aliphatic carbocycles. The summed E-state index contributed by atoms with van der Waals surface area (Å²) >= 11 is 5.90. The highest BCUT2D eigenvalue weighted by atomic mass is 35.5. The number of halogens is 2. The molecule has 3 rings (SSSR count). The van der Waals surface area contributed by atoms with Crippen molar-refractivity contribution in [3.8, 4) is 0 Å². The van der Waals surface area contributed by atoms with E-state index in [-0.39, 0.29) is 30.5 Å². The number of nitrogens with two attached hydrogens (primary N) is 1. The lowest BCUT2D eigenvalue weighted by atomic mass is 10.0. The second-order valence-electron chi connectivity index (χ2n) is 8.38. The molecule has 12 heteroatoms. The molecular formula is C22H26Cl2N7O3+. The van der Waals surface area contributed by atoms with Crippen molar-refractivity contribution in [3.05, 3.63) is 59.6 Å². The third-order valence-electron chi connectivity index (χ3n) is 4.49. The highest BCUT2D eigenvalue weighted by Crippen LogP contribution is 2.24. The molecule has 0 aromatic heterocycles. The normalized spacial score (nSPS) is 15.9. The predicted molar refractivity (Wildman–Crippen MR) is 135 cm³/mol. The first-order chi connectivity index (χ1) is 15.5. The molecule has 0 bridgehead atoms. The van der Waals surface area contributed by atoms with Crippen molar-refractivity contribution in [1.82, 2.24) is 5.43 Å². The van der Waals surface area contributed by atoms with Crippen molar-refractivity contribution < 1.29 is 18.9 Å². The number of hydrogen-bond acceptors (Lipinski definition) is 6. The van der Waals surface area contributed by atoms with Gasteiger partial charge in [-0.3, -0.25) is 14.4 Å². The molecule has 0 fully saturated rings. The molecule has 1 atom stereocenters. The van der Waals surface area contributed by atoms with Crippen LogP contribution in [0.5, 0.6) is 0 Å². The first-order valence-corrected chi connectivity index (χ1v) is 10.4. The average molecular weight is 507 g/mol. The lowest BCUT2D eigenvalue weighted by Gasteiger charge is -2.22. The third-order valence-corrected chi connectivity index (χ3v) is 4.75. The van der Waals surface area contributed by atoms with Crippen LogP contribution in [0.1, 0.15) is 0 Å². The van der Waals surface area contributed by atoms with Crippen LogP contribution in [0.15, 0.2) is 64.8 Å². The van der Waals surface area contributed by atoms with Crippen LogP contribution in [0, 0.1) is 5.92 Å². The van der Waals surface area contributed by atoms with Crippen molar-refractivity contribution >= 4 is 64.7 Å². The Bertz CT molecular complexity index is 1110. The molecule has 1 heterocycles. The van der Waals surface area contributed by atoms with E-state index in [1.54, 1.807) is 54.6 Å². The first kappa shape index (κ1) is 26.8. The molecule has 1 aliphatic rings. The Labute approximate surface area is 208 Å². The zero-order valence-electron chi connectivity index (χ0n) is 18.9. The van der Waals surface area contributed by atoms with E-state index < -0.39 is 23.6 Å². The zero-order valence-corrected chi connectivity index (χ0v) is 20.4. The van der Waals surface area contributed by atoms with Gasteiger partial charge < -0.3 is 15.5 Å². The van der Waals surface area contributed by atoms with Crippen molar-refractivity contribution in [2.24, 2.45) is 21.9 Å². The van der Waals surface area contributed by atoms with Crippen molar-refractivity contribution in [1.29, 1.82) is 0 Å². The number of likely N-dealkylation sites (N-methyl/N-ethyl adjacent to an activating group) is 1. The lowest BCUT2D eigenvalue weighted by Crippen LogP contribution is -2.45. The SMILES string of the molecule is C[N+](C)(C)CC(=O)N/N=C(/C(=O)Nc1ccc(Cl)cc1)C1C(=O)N(c2ccccc2)N=C1N.Cl. The third kappa shape index (κ3) is 6.77. The lowest BCUT2D eigenvalue weighted by molar-refractivity contribution is -0.862. The van der Waals surface area contributed by atoms with Gasteiger partial charge in [-0.1, -0.05) is 29.8 Å². The smallest absolute Gasteiger partial charge is 0.295 e. The molecule has 0 radical (unpaired) electrons. The first-order valence-electron chi connectivity index (χ1n) is 10.0. The number of nitrogens with zero attached hydrogens (tertiary/aromatic N) is 4. The maximum atomic E-state index is 13.2. The van der Waals surface area contributed by atoms with Gasteiger partial charge in [0.1, 0.15) is 17.5 Å². The minimum Gasteiger partial charge on any atom is -0.385 e.